The summed E-state index contributed by atoms with van der Waals surface area (Å²) in [5, 5.41) is 4.46. The Hall–Kier alpha value is -1.49. The van der Waals surface area contributed by atoms with Crippen molar-refractivity contribution in [3.05, 3.63) is 29.8 Å². The number of rotatable bonds is 4. The molecule has 0 aliphatic heterocycles. The van der Waals surface area contributed by atoms with Crippen molar-refractivity contribution in [2.24, 2.45) is 0 Å². The van der Waals surface area contributed by atoms with Gasteiger partial charge in [0, 0.05) is 6.07 Å². The number of carbonyl (C=O) groups excluding carboxylic acids is 1. The smallest absolute Gasteiger partial charge is 0.279 e. The number of quaternary nitrogens is 1. The van der Waals surface area contributed by atoms with E-state index in [0.717, 1.165) is 31.0 Å². The van der Waals surface area contributed by atoms with Crippen molar-refractivity contribution in [2.45, 2.75) is 51.0 Å². The second-order valence-electron chi connectivity index (χ2n) is 5.72. The third kappa shape index (κ3) is 5.42. The van der Waals surface area contributed by atoms with Crippen LogP contribution in [0.1, 0.15) is 44.9 Å². The van der Waals surface area contributed by atoms with E-state index in [0.29, 0.717) is 6.04 Å². The normalized spacial score (nSPS) is 17.0. The van der Waals surface area contributed by atoms with Crippen LogP contribution in [0.25, 0.3) is 0 Å². The maximum absolute atomic E-state index is 13.4. The first-order valence-corrected chi connectivity index (χ1v) is 7.73. The van der Waals surface area contributed by atoms with Crippen LogP contribution in [-0.4, -0.2) is 18.5 Å². The van der Waals surface area contributed by atoms with Gasteiger partial charge in [0.05, 0.1) is 11.7 Å². The van der Waals surface area contributed by atoms with Crippen LogP contribution in [-0.2, 0) is 4.79 Å². The quantitative estimate of drug-likeness (QED) is 0.881. The third-order valence-electron chi connectivity index (χ3n) is 3.99. The number of hydrogen-bond acceptors (Lipinski definition) is 1. The van der Waals surface area contributed by atoms with Crippen molar-refractivity contribution in [3.8, 4) is 0 Å². The predicted octanol–water partition coefficient (Wildman–Crippen LogP) is 2.58. The molecule has 1 aromatic rings. The van der Waals surface area contributed by atoms with Gasteiger partial charge in [-0.1, -0.05) is 19.3 Å². The second kappa shape index (κ2) is 8.08. The molecule has 2 rings (SSSR count). The lowest BCUT2D eigenvalue weighted by atomic mass is 9.97. The lowest BCUT2D eigenvalue weighted by Crippen LogP contribution is -2.91. The second-order valence-corrected chi connectivity index (χ2v) is 5.72. The highest BCUT2D eigenvalue weighted by molar-refractivity contribution is 5.91. The summed E-state index contributed by atoms with van der Waals surface area (Å²) >= 11 is 0. The average Bonchev–Trinajstić information content (AvgIpc) is 2.42. The molecule has 0 radical (unpaired) electrons. The molecule has 1 amide bonds. The highest BCUT2D eigenvalue weighted by atomic mass is 19.1. The Balaban J connectivity index is 1.79. The Morgan fingerprint density at radius 2 is 1.81 bits per heavy atom. The number of amides is 1. The molecule has 0 atom stereocenters. The van der Waals surface area contributed by atoms with Gasteiger partial charge < -0.3 is 10.6 Å². The Bertz CT molecular complexity index is 471. The third-order valence-corrected chi connectivity index (χ3v) is 3.99. The first-order chi connectivity index (χ1) is 10.1. The van der Waals surface area contributed by atoms with Crippen molar-refractivity contribution < 1.29 is 18.9 Å². The molecule has 3 N–H and O–H groups in total. The topological polar surface area (TPSA) is 45.7 Å². The lowest BCUT2D eigenvalue weighted by Gasteiger charge is -2.18. The van der Waals surface area contributed by atoms with Gasteiger partial charge in [-0.05, 0) is 37.8 Å². The summed E-state index contributed by atoms with van der Waals surface area (Å²) in [7, 11) is 0. The molecule has 0 aromatic heterocycles. The number of benzene rings is 1. The van der Waals surface area contributed by atoms with Gasteiger partial charge in [0.15, 0.2) is 6.54 Å². The van der Waals surface area contributed by atoms with Crippen LogP contribution < -0.4 is 10.6 Å². The van der Waals surface area contributed by atoms with E-state index in [2.05, 4.69) is 5.32 Å². The fraction of sp³-hybridized carbons (Fsp3) is 0.562. The van der Waals surface area contributed by atoms with E-state index in [9.17, 15) is 13.6 Å². The van der Waals surface area contributed by atoms with Crippen molar-refractivity contribution >= 4 is 11.6 Å². The zero-order valence-electron chi connectivity index (χ0n) is 12.2. The zero-order chi connectivity index (χ0) is 15.1. The van der Waals surface area contributed by atoms with Gasteiger partial charge in [-0.15, -0.1) is 0 Å². The van der Waals surface area contributed by atoms with Crippen LogP contribution in [0.4, 0.5) is 14.5 Å². The number of nitrogens with one attached hydrogen (secondary N) is 1. The standard InChI is InChI=1S/C16H22F2N2O/c17-12-8-9-14(18)15(10-12)20-16(21)11-19-13-6-4-2-1-3-5-7-13/h8-10,13,19H,1-7,11H2,(H,20,21)/p+1. The van der Waals surface area contributed by atoms with Crippen molar-refractivity contribution in [3.63, 3.8) is 0 Å². The highest BCUT2D eigenvalue weighted by Gasteiger charge is 2.16. The van der Waals surface area contributed by atoms with Crippen LogP contribution in [0.15, 0.2) is 18.2 Å². The van der Waals surface area contributed by atoms with Crippen molar-refractivity contribution in [1.82, 2.24) is 0 Å². The van der Waals surface area contributed by atoms with E-state index >= 15 is 0 Å². The molecule has 0 saturated heterocycles. The molecule has 1 saturated carbocycles. The zero-order valence-corrected chi connectivity index (χ0v) is 12.2. The fourth-order valence-corrected chi connectivity index (χ4v) is 2.79. The van der Waals surface area contributed by atoms with Gasteiger partial charge in [0.1, 0.15) is 11.6 Å². The number of anilines is 1. The first kappa shape index (κ1) is 15.9. The molecule has 0 heterocycles. The van der Waals surface area contributed by atoms with Crippen LogP contribution in [0, 0.1) is 11.6 Å². The summed E-state index contributed by atoms with van der Waals surface area (Å²) in [4.78, 5) is 11.8. The van der Waals surface area contributed by atoms with Crippen LogP contribution in [0.5, 0.6) is 0 Å². The van der Waals surface area contributed by atoms with E-state index in [1.165, 1.54) is 32.1 Å². The van der Waals surface area contributed by atoms with Gasteiger partial charge in [0.2, 0.25) is 0 Å². The Morgan fingerprint density at radius 1 is 1.14 bits per heavy atom. The molecule has 1 fully saturated rings. The molecule has 3 nitrogen and oxygen atoms in total. The fourth-order valence-electron chi connectivity index (χ4n) is 2.79. The van der Waals surface area contributed by atoms with Gasteiger partial charge in [-0.2, -0.15) is 0 Å². The molecule has 0 unspecified atom stereocenters. The minimum absolute atomic E-state index is 0.0916. The molecule has 1 aliphatic rings. The van der Waals surface area contributed by atoms with E-state index in [1.54, 1.807) is 0 Å². The number of hydrogen-bond donors (Lipinski definition) is 2. The van der Waals surface area contributed by atoms with E-state index in [4.69, 9.17) is 0 Å². The molecule has 1 aliphatic carbocycles. The molecule has 1 aromatic carbocycles. The minimum atomic E-state index is -0.615. The Kier molecular flexibility index (Phi) is 6.11. The number of nitrogens with two attached hydrogens (primary N) is 1. The highest BCUT2D eigenvalue weighted by Crippen LogP contribution is 2.16. The Labute approximate surface area is 124 Å². The van der Waals surface area contributed by atoms with E-state index < -0.39 is 11.6 Å². The molecule has 0 spiro atoms. The van der Waals surface area contributed by atoms with Gasteiger partial charge in [0.25, 0.3) is 5.91 Å². The maximum atomic E-state index is 13.4. The summed E-state index contributed by atoms with van der Waals surface area (Å²) in [6, 6.07) is 3.52. The average molecular weight is 297 g/mol. The van der Waals surface area contributed by atoms with Crippen molar-refractivity contribution in [2.75, 3.05) is 11.9 Å². The van der Waals surface area contributed by atoms with Gasteiger partial charge in [-0.3, -0.25) is 4.79 Å². The lowest BCUT2D eigenvalue weighted by molar-refractivity contribution is -0.680. The minimum Gasteiger partial charge on any atom is -0.336 e. The van der Waals surface area contributed by atoms with Gasteiger partial charge >= 0.3 is 0 Å². The Morgan fingerprint density at radius 3 is 2.52 bits per heavy atom. The molecule has 5 heteroatoms. The molecule has 116 valence electrons. The van der Waals surface area contributed by atoms with Gasteiger partial charge in [-0.25, -0.2) is 8.78 Å². The summed E-state index contributed by atoms with van der Waals surface area (Å²) in [5.41, 5.74) is -0.0916. The van der Waals surface area contributed by atoms with Crippen LogP contribution >= 0.6 is 0 Å². The maximum Gasteiger partial charge on any atom is 0.279 e. The molecular weight excluding hydrogens is 274 g/mol. The summed E-state index contributed by atoms with van der Waals surface area (Å²) in [5.74, 6) is -1.46. The SMILES string of the molecule is O=C(C[NH2+]C1CCCCCCC1)Nc1cc(F)ccc1F. The molecule has 21 heavy (non-hydrogen) atoms. The van der Waals surface area contributed by atoms with E-state index in [-0.39, 0.29) is 18.1 Å². The molecular formula is C16H23F2N2O+. The molecule has 0 bridgehead atoms. The number of halogens is 2. The summed E-state index contributed by atoms with van der Waals surface area (Å²) in [6.45, 7) is 0.251. The monoisotopic (exact) mass is 297 g/mol. The summed E-state index contributed by atoms with van der Waals surface area (Å²) in [6.07, 6.45) is 8.52. The van der Waals surface area contributed by atoms with Crippen molar-refractivity contribution in [1.29, 1.82) is 0 Å². The number of carbonyl (C=O) groups is 1. The largest absolute Gasteiger partial charge is 0.336 e. The van der Waals surface area contributed by atoms with Crippen LogP contribution in [0.3, 0.4) is 0 Å². The first-order valence-electron chi connectivity index (χ1n) is 7.73. The summed E-state index contributed by atoms with van der Waals surface area (Å²) < 4.78 is 26.5. The van der Waals surface area contributed by atoms with Crippen LogP contribution in [0.2, 0.25) is 0 Å². The predicted molar refractivity (Wildman–Crippen MR) is 77.9 cm³/mol. The van der Waals surface area contributed by atoms with E-state index in [1.807, 2.05) is 5.32 Å².